The normalized spacial score (nSPS) is 12.5. The molecule has 84 valence electrons. The SMILES string of the molecule is CCC(CN)C(=O)NCc1cc(C)no1. The minimum Gasteiger partial charge on any atom is -0.359 e. The van der Waals surface area contributed by atoms with Gasteiger partial charge in [0.05, 0.1) is 12.2 Å². The average Bonchev–Trinajstić information content (AvgIpc) is 2.63. The van der Waals surface area contributed by atoms with Crippen LogP contribution in [0.1, 0.15) is 24.8 Å². The van der Waals surface area contributed by atoms with Crippen molar-refractivity contribution >= 4 is 5.91 Å². The lowest BCUT2D eigenvalue weighted by Gasteiger charge is -2.11. The van der Waals surface area contributed by atoms with E-state index in [4.69, 9.17) is 10.3 Å². The van der Waals surface area contributed by atoms with Crippen LogP contribution in [0.15, 0.2) is 10.6 Å². The summed E-state index contributed by atoms with van der Waals surface area (Å²) >= 11 is 0. The van der Waals surface area contributed by atoms with Crippen LogP contribution in [-0.2, 0) is 11.3 Å². The van der Waals surface area contributed by atoms with Crippen molar-refractivity contribution in [3.63, 3.8) is 0 Å². The third-order valence-corrected chi connectivity index (χ3v) is 2.26. The Labute approximate surface area is 89.0 Å². The summed E-state index contributed by atoms with van der Waals surface area (Å²) < 4.78 is 4.97. The number of amides is 1. The first-order valence-corrected chi connectivity index (χ1v) is 5.07. The molecule has 5 nitrogen and oxygen atoms in total. The summed E-state index contributed by atoms with van der Waals surface area (Å²) in [6.07, 6.45) is 0.748. The van der Waals surface area contributed by atoms with Crippen LogP contribution in [0.2, 0.25) is 0 Å². The summed E-state index contributed by atoms with van der Waals surface area (Å²) in [6, 6.07) is 1.80. The lowest BCUT2D eigenvalue weighted by Crippen LogP contribution is -2.34. The maximum Gasteiger partial charge on any atom is 0.224 e. The zero-order valence-electron chi connectivity index (χ0n) is 9.12. The van der Waals surface area contributed by atoms with Gasteiger partial charge in [-0.3, -0.25) is 4.79 Å². The Morgan fingerprint density at radius 1 is 1.73 bits per heavy atom. The number of nitrogens with one attached hydrogen (secondary N) is 1. The van der Waals surface area contributed by atoms with Gasteiger partial charge in [0.25, 0.3) is 0 Å². The van der Waals surface area contributed by atoms with E-state index in [0.29, 0.717) is 18.8 Å². The first-order valence-electron chi connectivity index (χ1n) is 5.07. The van der Waals surface area contributed by atoms with Gasteiger partial charge < -0.3 is 15.6 Å². The number of carbonyl (C=O) groups excluding carboxylic acids is 1. The Morgan fingerprint density at radius 2 is 2.47 bits per heavy atom. The van der Waals surface area contributed by atoms with Crippen molar-refractivity contribution in [3.8, 4) is 0 Å². The first-order chi connectivity index (χ1) is 7.17. The molecule has 0 spiro atoms. The van der Waals surface area contributed by atoms with E-state index in [2.05, 4.69) is 10.5 Å². The molecule has 0 aliphatic rings. The fraction of sp³-hybridized carbons (Fsp3) is 0.600. The molecule has 15 heavy (non-hydrogen) atoms. The van der Waals surface area contributed by atoms with Crippen molar-refractivity contribution in [2.75, 3.05) is 6.54 Å². The van der Waals surface area contributed by atoms with E-state index in [-0.39, 0.29) is 11.8 Å². The van der Waals surface area contributed by atoms with Crippen molar-refractivity contribution in [2.24, 2.45) is 11.7 Å². The van der Waals surface area contributed by atoms with Gasteiger partial charge in [-0.25, -0.2) is 0 Å². The molecule has 0 saturated carbocycles. The van der Waals surface area contributed by atoms with Gasteiger partial charge >= 0.3 is 0 Å². The van der Waals surface area contributed by atoms with Gasteiger partial charge in [0.2, 0.25) is 5.91 Å². The Kier molecular flexibility index (Phi) is 4.30. The second-order valence-corrected chi connectivity index (χ2v) is 3.49. The van der Waals surface area contributed by atoms with E-state index in [1.54, 1.807) is 6.07 Å². The highest BCUT2D eigenvalue weighted by molar-refractivity contribution is 5.78. The van der Waals surface area contributed by atoms with Crippen LogP contribution in [0.5, 0.6) is 0 Å². The molecule has 0 bridgehead atoms. The highest BCUT2D eigenvalue weighted by atomic mass is 16.5. The summed E-state index contributed by atoms with van der Waals surface area (Å²) in [5, 5.41) is 6.49. The fourth-order valence-corrected chi connectivity index (χ4v) is 1.28. The van der Waals surface area contributed by atoms with E-state index in [0.717, 1.165) is 12.1 Å². The number of aromatic nitrogens is 1. The molecule has 5 heteroatoms. The lowest BCUT2D eigenvalue weighted by atomic mass is 10.1. The van der Waals surface area contributed by atoms with Gasteiger partial charge in [-0.2, -0.15) is 0 Å². The van der Waals surface area contributed by atoms with Gasteiger partial charge in [-0.1, -0.05) is 12.1 Å². The minimum atomic E-state index is -0.117. The lowest BCUT2D eigenvalue weighted by molar-refractivity contribution is -0.125. The van der Waals surface area contributed by atoms with Gasteiger partial charge in [0.15, 0.2) is 5.76 Å². The maximum atomic E-state index is 11.5. The summed E-state index contributed by atoms with van der Waals surface area (Å²) in [5.41, 5.74) is 6.27. The molecular weight excluding hydrogens is 194 g/mol. The first kappa shape index (κ1) is 11.7. The van der Waals surface area contributed by atoms with Crippen LogP contribution in [0.25, 0.3) is 0 Å². The summed E-state index contributed by atoms with van der Waals surface area (Å²) in [6.45, 7) is 4.52. The molecule has 1 aromatic heterocycles. The van der Waals surface area contributed by atoms with Crippen LogP contribution in [0.3, 0.4) is 0 Å². The summed E-state index contributed by atoms with van der Waals surface area (Å²) in [4.78, 5) is 11.5. The van der Waals surface area contributed by atoms with E-state index in [9.17, 15) is 4.79 Å². The van der Waals surface area contributed by atoms with Gasteiger partial charge in [0, 0.05) is 18.5 Å². The monoisotopic (exact) mass is 211 g/mol. The molecular formula is C10H17N3O2. The number of carbonyl (C=O) groups is 1. The van der Waals surface area contributed by atoms with Crippen LogP contribution >= 0.6 is 0 Å². The third kappa shape index (κ3) is 3.36. The molecule has 0 saturated heterocycles. The van der Waals surface area contributed by atoms with Crippen molar-refractivity contribution in [3.05, 3.63) is 17.5 Å². The molecule has 0 radical (unpaired) electrons. The standard InChI is InChI=1S/C10H17N3O2/c1-3-8(5-11)10(14)12-6-9-4-7(2)13-15-9/h4,8H,3,5-6,11H2,1-2H3,(H,12,14). The molecule has 0 aliphatic carbocycles. The largest absolute Gasteiger partial charge is 0.359 e. The highest BCUT2D eigenvalue weighted by Crippen LogP contribution is 2.03. The molecule has 1 rings (SSSR count). The Morgan fingerprint density at radius 3 is 2.93 bits per heavy atom. The summed E-state index contributed by atoms with van der Waals surface area (Å²) in [5.74, 6) is 0.510. The Bertz CT molecular complexity index is 318. The quantitative estimate of drug-likeness (QED) is 0.746. The molecule has 1 atom stereocenters. The molecule has 1 heterocycles. The van der Waals surface area contributed by atoms with Gasteiger partial charge in [-0.05, 0) is 13.3 Å². The van der Waals surface area contributed by atoms with Crippen molar-refractivity contribution < 1.29 is 9.32 Å². The topological polar surface area (TPSA) is 81.2 Å². The molecule has 0 fully saturated rings. The number of rotatable bonds is 5. The van der Waals surface area contributed by atoms with E-state index < -0.39 is 0 Å². The minimum absolute atomic E-state index is 0.0333. The summed E-state index contributed by atoms with van der Waals surface area (Å²) in [7, 11) is 0. The van der Waals surface area contributed by atoms with Gasteiger partial charge in [-0.15, -0.1) is 0 Å². The highest BCUT2D eigenvalue weighted by Gasteiger charge is 2.14. The van der Waals surface area contributed by atoms with E-state index >= 15 is 0 Å². The number of aryl methyl sites for hydroxylation is 1. The van der Waals surface area contributed by atoms with Crippen LogP contribution in [0.4, 0.5) is 0 Å². The molecule has 3 N–H and O–H groups in total. The second kappa shape index (κ2) is 5.50. The Balaban J connectivity index is 2.40. The van der Waals surface area contributed by atoms with E-state index in [1.807, 2.05) is 13.8 Å². The van der Waals surface area contributed by atoms with Crippen LogP contribution in [0, 0.1) is 12.8 Å². The van der Waals surface area contributed by atoms with Crippen LogP contribution < -0.4 is 11.1 Å². The maximum absolute atomic E-state index is 11.5. The third-order valence-electron chi connectivity index (χ3n) is 2.26. The zero-order valence-corrected chi connectivity index (χ0v) is 9.12. The Hall–Kier alpha value is -1.36. The molecule has 0 aromatic carbocycles. The molecule has 1 amide bonds. The average molecular weight is 211 g/mol. The fourth-order valence-electron chi connectivity index (χ4n) is 1.28. The van der Waals surface area contributed by atoms with Crippen LogP contribution in [-0.4, -0.2) is 17.6 Å². The predicted octanol–water partition coefficient (Wildman–Crippen LogP) is 0.584. The van der Waals surface area contributed by atoms with Gasteiger partial charge in [0.1, 0.15) is 0 Å². The molecule has 1 unspecified atom stereocenters. The smallest absolute Gasteiger partial charge is 0.224 e. The second-order valence-electron chi connectivity index (χ2n) is 3.49. The molecule has 0 aliphatic heterocycles. The number of nitrogens with zero attached hydrogens (tertiary/aromatic N) is 1. The predicted molar refractivity (Wildman–Crippen MR) is 55.9 cm³/mol. The zero-order chi connectivity index (χ0) is 11.3. The number of nitrogens with two attached hydrogens (primary N) is 1. The number of hydrogen-bond acceptors (Lipinski definition) is 4. The number of hydrogen-bond donors (Lipinski definition) is 2. The van der Waals surface area contributed by atoms with Crippen molar-refractivity contribution in [1.82, 2.24) is 10.5 Å². The van der Waals surface area contributed by atoms with Crippen molar-refractivity contribution in [1.29, 1.82) is 0 Å². The van der Waals surface area contributed by atoms with E-state index in [1.165, 1.54) is 0 Å². The van der Waals surface area contributed by atoms with Crippen molar-refractivity contribution in [2.45, 2.75) is 26.8 Å². The molecule has 1 aromatic rings.